The van der Waals surface area contributed by atoms with E-state index in [9.17, 15) is 4.79 Å². The van der Waals surface area contributed by atoms with Crippen molar-refractivity contribution in [3.05, 3.63) is 0 Å². The molecule has 1 heterocycles. The van der Waals surface area contributed by atoms with Gasteiger partial charge in [-0.2, -0.15) is 0 Å². The first-order valence-electron chi connectivity index (χ1n) is 6.10. The van der Waals surface area contributed by atoms with E-state index in [1.165, 1.54) is 0 Å². The second-order valence-corrected chi connectivity index (χ2v) is 4.16. The van der Waals surface area contributed by atoms with Gasteiger partial charge in [-0.1, -0.05) is 0 Å². The summed E-state index contributed by atoms with van der Waals surface area (Å²) in [7, 11) is 0. The largest absolute Gasteiger partial charge is 0.481 e. The number of hydrogen-bond acceptors (Lipinski definition) is 6. The Morgan fingerprint density at radius 2 is 1.20 bits per heavy atom. The van der Waals surface area contributed by atoms with E-state index < -0.39 is 17.9 Å². The SMILES string of the molecule is O=C(O)C(=O)O.O=C(O)CCN1CCN(CCO)CC1. The highest BCUT2D eigenvalue weighted by atomic mass is 16.4. The van der Waals surface area contributed by atoms with E-state index in [1.54, 1.807) is 0 Å². The molecule has 1 saturated heterocycles. The second kappa shape index (κ2) is 10.1. The third-order valence-electron chi connectivity index (χ3n) is 2.71. The first-order valence-corrected chi connectivity index (χ1v) is 6.10. The van der Waals surface area contributed by atoms with Gasteiger partial charge in [0.1, 0.15) is 0 Å². The standard InChI is InChI=1S/C9H18N2O3.C2H2O4/c12-8-7-11-5-3-10(4-6-11)2-1-9(13)14;3-1(4)2(5)6/h12H,1-8H2,(H,13,14);(H,3,4)(H,5,6). The van der Waals surface area contributed by atoms with Crippen molar-refractivity contribution in [2.24, 2.45) is 0 Å². The maximum absolute atomic E-state index is 10.3. The second-order valence-electron chi connectivity index (χ2n) is 4.16. The molecule has 0 atom stereocenters. The molecule has 1 fully saturated rings. The Hall–Kier alpha value is -1.71. The lowest BCUT2D eigenvalue weighted by atomic mass is 10.3. The van der Waals surface area contributed by atoms with Gasteiger partial charge in [-0.3, -0.25) is 9.69 Å². The van der Waals surface area contributed by atoms with Crippen molar-refractivity contribution >= 4 is 17.9 Å². The molecule has 0 amide bonds. The number of nitrogens with zero attached hydrogens (tertiary/aromatic N) is 2. The van der Waals surface area contributed by atoms with Crippen LogP contribution in [0.5, 0.6) is 0 Å². The van der Waals surface area contributed by atoms with Crippen molar-refractivity contribution in [3.8, 4) is 0 Å². The Balaban J connectivity index is 0.000000511. The summed E-state index contributed by atoms with van der Waals surface area (Å²) in [6.45, 7) is 5.26. The molecule has 20 heavy (non-hydrogen) atoms. The summed E-state index contributed by atoms with van der Waals surface area (Å²) in [6, 6.07) is 0. The van der Waals surface area contributed by atoms with Gasteiger partial charge >= 0.3 is 17.9 Å². The molecule has 0 saturated carbocycles. The van der Waals surface area contributed by atoms with Crippen LogP contribution in [0, 0.1) is 0 Å². The van der Waals surface area contributed by atoms with E-state index in [4.69, 9.17) is 30.0 Å². The van der Waals surface area contributed by atoms with Crippen molar-refractivity contribution < 1.29 is 34.8 Å². The quantitative estimate of drug-likeness (QED) is 0.433. The van der Waals surface area contributed by atoms with E-state index in [0.29, 0.717) is 6.54 Å². The third-order valence-corrected chi connectivity index (χ3v) is 2.71. The van der Waals surface area contributed by atoms with E-state index in [-0.39, 0.29) is 13.0 Å². The first kappa shape index (κ1) is 18.3. The molecule has 0 unspecified atom stereocenters. The molecule has 4 N–H and O–H groups in total. The Morgan fingerprint density at radius 1 is 0.800 bits per heavy atom. The predicted molar refractivity (Wildman–Crippen MR) is 67.5 cm³/mol. The molecule has 9 nitrogen and oxygen atoms in total. The lowest BCUT2D eigenvalue weighted by Crippen LogP contribution is -2.47. The molecule has 9 heteroatoms. The molecule has 1 aliphatic heterocycles. The van der Waals surface area contributed by atoms with Gasteiger partial charge in [0.25, 0.3) is 0 Å². The summed E-state index contributed by atoms with van der Waals surface area (Å²) in [5.41, 5.74) is 0. The van der Waals surface area contributed by atoms with Gasteiger partial charge in [-0.25, -0.2) is 9.59 Å². The van der Waals surface area contributed by atoms with Gasteiger partial charge in [0, 0.05) is 39.3 Å². The highest BCUT2D eigenvalue weighted by molar-refractivity contribution is 6.27. The zero-order chi connectivity index (χ0) is 15.5. The van der Waals surface area contributed by atoms with Gasteiger partial charge in [0.15, 0.2) is 0 Å². The molecule has 0 aromatic heterocycles. The van der Waals surface area contributed by atoms with E-state index in [0.717, 1.165) is 32.7 Å². The zero-order valence-corrected chi connectivity index (χ0v) is 11.1. The third kappa shape index (κ3) is 9.25. The molecule has 0 aromatic rings. The van der Waals surface area contributed by atoms with Crippen molar-refractivity contribution in [1.29, 1.82) is 0 Å². The number of aliphatic hydroxyl groups excluding tert-OH is 1. The minimum absolute atomic E-state index is 0.203. The molecule has 0 radical (unpaired) electrons. The maximum Gasteiger partial charge on any atom is 0.414 e. The number of hydrogen-bond donors (Lipinski definition) is 4. The Morgan fingerprint density at radius 3 is 1.50 bits per heavy atom. The lowest BCUT2D eigenvalue weighted by molar-refractivity contribution is -0.159. The summed E-state index contributed by atoms with van der Waals surface area (Å²) in [5.74, 6) is -4.38. The lowest BCUT2D eigenvalue weighted by Gasteiger charge is -2.33. The van der Waals surface area contributed by atoms with Crippen LogP contribution in [0.1, 0.15) is 6.42 Å². The minimum Gasteiger partial charge on any atom is -0.481 e. The molecule has 0 spiro atoms. The number of aliphatic hydroxyl groups is 1. The summed E-state index contributed by atoms with van der Waals surface area (Å²) in [4.78, 5) is 32.9. The number of carbonyl (C=O) groups is 3. The smallest absolute Gasteiger partial charge is 0.414 e. The van der Waals surface area contributed by atoms with Crippen LogP contribution in [0.25, 0.3) is 0 Å². The summed E-state index contributed by atoms with van der Waals surface area (Å²) < 4.78 is 0. The highest BCUT2D eigenvalue weighted by Crippen LogP contribution is 2.01. The van der Waals surface area contributed by atoms with Gasteiger partial charge in [0.05, 0.1) is 13.0 Å². The number of rotatable bonds is 5. The van der Waals surface area contributed by atoms with Crippen LogP contribution < -0.4 is 0 Å². The van der Waals surface area contributed by atoms with E-state index in [1.807, 2.05) is 0 Å². The Bertz CT molecular complexity index is 315. The van der Waals surface area contributed by atoms with Crippen molar-refractivity contribution in [1.82, 2.24) is 9.80 Å². The van der Waals surface area contributed by atoms with Crippen LogP contribution in [-0.4, -0.2) is 94.0 Å². The number of aliphatic carboxylic acids is 3. The number of piperazine rings is 1. The molecule has 0 bridgehead atoms. The van der Waals surface area contributed by atoms with Crippen LogP contribution in [0.2, 0.25) is 0 Å². The van der Waals surface area contributed by atoms with Crippen LogP contribution in [0.3, 0.4) is 0 Å². The maximum atomic E-state index is 10.3. The average molecular weight is 292 g/mol. The summed E-state index contributed by atoms with van der Waals surface area (Å²) in [6.07, 6.45) is 0.222. The molecular weight excluding hydrogens is 272 g/mol. The molecule has 1 aliphatic rings. The zero-order valence-electron chi connectivity index (χ0n) is 11.1. The van der Waals surface area contributed by atoms with Crippen molar-refractivity contribution in [2.45, 2.75) is 6.42 Å². The first-order chi connectivity index (χ1) is 9.36. The van der Waals surface area contributed by atoms with Gasteiger partial charge in [-0.15, -0.1) is 0 Å². The van der Waals surface area contributed by atoms with Crippen LogP contribution in [0.4, 0.5) is 0 Å². The van der Waals surface area contributed by atoms with Crippen LogP contribution >= 0.6 is 0 Å². The van der Waals surface area contributed by atoms with Gasteiger partial charge in [-0.05, 0) is 0 Å². The molecule has 0 aliphatic carbocycles. The fourth-order valence-electron chi connectivity index (χ4n) is 1.63. The Labute approximate surface area is 116 Å². The highest BCUT2D eigenvalue weighted by Gasteiger charge is 2.16. The molecule has 1 rings (SSSR count). The van der Waals surface area contributed by atoms with E-state index in [2.05, 4.69) is 9.80 Å². The van der Waals surface area contributed by atoms with E-state index >= 15 is 0 Å². The van der Waals surface area contributed by atoms with Gasteiger partial charge < -0.3 is 25.3 Å². The fraction of sp³-hybridized carbons (Fsp3) is 0.727. The normalized spacial score (nSPS) is 16.1. The number of β-amino-alcohol motifs (C(OH)–C–C–N with tert-alkyl or cyclic N) is 1. The molecule has 0 aromatic carbocycles. The summed E-state index contributed by atoms with van der Waals surface area (Å²) >= 11 is 0. The Kier molecular flexibility index (Phi) is 9.26. The van der Waals surface area contributed by atoms with Crippen molar-refractivity contribution in [3.63, 3.8) is 0 Å². The topological polar surface area (TPSA) is 139 Å². The number of carboxylic acid groups (broad SMARTS) is 3. The average Bonchev–Trinajstić information content (AvgIpc) is 2.39. The van der Waals surface area contributed by atoms with Crippen LogP contribution in [-0.2, 0) is 14.4 Å². The minimum atomic E-state index is -1.82. The monoisotopic (exact) mass is 292 g/mol. The van der Waals surface area contributed by atoms with Crippen LogP contribution in [0.15, 0.2) is 0 Å². The molecular formula is C11H20N2O7. The number of carboxylic acids is 3. The summed E-state index contributed by atoms with van der Waals surface area (Å²) in [5, 5.41) is 32.0. The molecule has 116 valence electrons. The fourth-order valence-corrected chi connectivity index (χ4v) is 1.63. The van der Waals surface area contributed by atoms with Crippen molar-refractivity contribution in [2.75, 3.05) is 45.9 Å². The predicted octanol–water partition coefficient (Wildman–Crippen LogP) is -1.77. The van der Waals surface area contributed by atoms with Gasteiger partial charge in [0.2, 0.25) is 0 Å².